The number of ether oxygens (including phenoxy) is 1. The minimum atomic E-state index is -0.714. The quantitative estimate of drug-likeness (QED) is 0.236. The molecule has 1 unspecified atom stereocenters. The van der Waals surface area contributed by atoms with Crippen LogP contribution in [0.15, 0.2) is 95.5 Å². The Hall–Kier alpha value is -3.35. The summed E-state index contributed by atoms with van der Waals surface area (Å²) in [7, 11) is 0. The van der Waals surface area contributed by atoms with E-state index in [1.54, 1.807) is 17.0 Å². The molecule has 0 aliphatic heterocycles. The van der Waals surface area contributed by atoms with E-state index in [1.807, 2.05) is 85.8 Å². The first-order chi connectivity index (χ1) is 18.0. The van der Waals surface area contributed by atoms with Crippen LogP contribution < -0.4 is 10.1 Å². The first-order valence-corrected chi connectivity index (χ1v) is 13.3. The molecule has 4 aromatic rings. The molecule has 5 nitrogen and oxygen atoms in total. The van der Waals surface area contributed by atoms with Crippen molar-refractivity contribution >= 4 is 50.1 Å². The van der Waals surface area contributed by atoms with Crippen molar-refractivity contribution in [1.82, 2.24) is 10.2 Å². The van der Waals surface area contributed by atoms with Crippen LogP contribution in [0.3, 0.4) is 0 Å². The Bertz CT molecular complexity index is 1360. The van der Waals surface area contributed by atoms with Gasteiger partial charge in [-0.1, -0.05) is 84.4 Å². The van der Waals surface area contributed by atoms with Gasteiger partial charge in [-0.2, -0.15) is 0 Å². The van der Waals surface area contributed by atoms with Crippen LogP contribution in [-0.2, 0) is 22.6 Å². The van der Waals surface area contributed by atoms with Crippen LogP contribution in [0.2, 0.25) is 5.02 Å². The van der Waals surface area contributed by atoms with Gasteiger partial charge in [-0.25, -0.2) is 0 Å². The third-order valence-electron chi connectivity index (χ3n) is 6.07. The molecule has 0 aromatic heterocycles. The fourth-order valence-electron chi connectivity index (χ4n) is 4.18. The Kier molecular flexibility index (Phi) is 9.20. The lowest BCUT2D eigenvalue weighted by Gasteiger charge is -2.31. The molecule has 0 saturated carbocycles. The molecule has 1 atom stereocenters. The predicted octanol–water partition coefficient (Wildman–Crippen LogP) is 6.41. The van der Waals surface area contributed by atoms with Gasteiger partial charge in [0.25, 0.3) is 5.91 Å². The number of likely N-dealkylation sites (N-methyl/N-ethyl adjacent to an activating group) is 1. The van der Waals surface area contributed by atoms with Crippen molar-refractivity contribution in [2.75, 3.05) is 13.2 Å². The number of nitrogens with zero attached hydrogens (tertiary/aromatic N) is 1. The van der Waals surface area contributed by atoms with Gasteiger partial charge in [0.05, 0.1) is 4.47 Å². The first kappa shape index (κ1) is 26.7. The van der Waals surface area contributed by atoms with Gasteiger partial charge in [0.1, 0.15) is 11.8 Å². The second-order valence-electron chi connectivity index (χ2n) is 8.64. The molecule has 0 radical (unpaired) electrons. The average Bonchev–Trinajstić information content (AvgIpc) is 2.92. The standard InChI is InChI=1S/C30H28BrClN2O3/c1-2-33-30(36)26(18-21-8-4-3-5-9-21)34(19-22-12-15-24(32)16-13-22)28(35)20-37-27-17-14-23-10-6-7-11-25(23)29(27)31/h3-17,26H,2,18-20H2,1H3,(H,33,36). The SMILES string of the molecule is CCNC(=O)C(Cc1ccccc1)N(Cc1ccc(Cl)cc1)C(=O)COc1ccc2ccccc2c1Br. The summed E-state index contributed by atoms with van der Waals surface area (Å²) in [4.78, 5) is 28.5. The number of rotatable bonds is 10. The Morgan fingerprint density at radius 1 is 0.919 bits per heavy atom. The van der Waals surface area contributed by atoms with Crippen LogP contribution in [0.4, 0.5) is 0 Å². The smallest absolute Gasteiger partial charge is 0.261 e. The molecule has 37 heavy (non-hydrogen) atoms. The summed E-state index contributed by atoms with van der Waals surface area (Å²) in [5.41, 5.74) is 1.83. The summed E-state index contributed by atoms with van der Waals surface area (Å²) in [5.74, 6) is 0.0684. The van der Waals surface area contributed by atoms with Gasteiger partial charge in [0.2, 0.25) is 5.91 Å². The molecule has 0 bridgehead atoms. The molecule has 0 saturated heterocycles. The van der Waals surface area contributed by atoms with Crippen molar-refractivity contribution in [3.63, 3.8) is 0 Å². The zero-order chi connectivity index (χ0) is 26.2. The lowest BCUT2D eigenvalue weighted by atomic mass is 10.0. The van der Waals surface area contributed by atoms with Crippen molar-refractivity contribution in [3.8, 4) is 5.75 Å². The summed E-state index contributed by atoms with van der Waals surface area (Å²) in [6.07, 6.45) is 0.381. The highest BCUT2D eigenvalue weighted by atomic mass is 79.9. The largest absolute Gasteiger partial charge is 0.483 e. The number of hydrogen-bond acceptors (Lipinski definition) is 3. The molecule has 4 rings (SSSR count). The van der Waals surface area contributed by atoms with Gasteiger partial charge in [0.15, 0.2) is 6.61 Å². The third-order valence-corrected chi connectivity index (χ3v) is 7.14. The summed E-state index contributed by atoms with van der Waals surface area (Å²) in [5, 5.41) is 5.57. The molecule has 0 aliphatic carbocycles. The molecular formula is C30H28BrClN2O3. The second-order valence-corrected chi connectivity index (χ2v) is 9.87. The maximum absolute atomic E-state index is 13.7. The monoisotopic (exact) mass is 578 g/mol. The number of carbonyl (C=O) groups is 2. The number of hydrogen-bond donors (Lipinski definition) is 1. The summed E-state index contributed by atoms with van der Waals surface area (Å²) < 4.78 is 6.78. The van der Waals surface area contributed by atoms with Crippen molar-refractivity contribution in [2.24, 2.45) is 0 Å². The molecule has 0 heterocycles. The summed E-state index contributed by atoms with van der Waals surface area (Å²) >= 11 is 9.70. The fraction of sp³-hybridized carbons (Fsp3) is 0.200. The number of nitrogens with one attached hydrogen (secondary N) is 1. The van der Waals surface area contributed by atoms with E-state index in [1.165, 1.54) is 0 Å². The zero-order valence-electron chi connectivity index (χ0n) is 20.5. The van der Waals surface area contributed by atoms with E-state index in [9.17, 15) is 9.59 Å². The molecule has 0 fully saturated rings. The fourth-order valence-corrected chi connectivity index (χ4v) is 4.91. The lowest BCUT2D eigenvalue weighted by molar-refractivity contribution is -0.142. The van der Waals surface area contributed by atoms with Crippen molar-refractivity contribution in [1.29, 1.82) is 0 Å². The van der Waals surface area contributed by atoms with E-state index in [2.05, 4.69) is 21.2 Å². The summed E-state index contributed by atoms with van der Waals surface area (Å²) in [6.45, 7) is 2.36. The Morgan fingerprint density at radius 2 is 1.62 bits per heavy atom. The highest BCUT2D eigenvalue weighted by Crippen LogP contribution is 2.33. The van der Waals surface area contributed by atoms with Gasteiger partial charge in [-0.15, -0.1) is 0 Å². The van der Waals surface area contributed by atoms with Crippen molar-refractivity contribution in [3.05, 3.63) is 112 Å². The molecule has 0 aliphatic rings. The molecule has 2 amide bonds. The lowest BCUT2D eigenvalue weighted by Crippen LogP contribution is -2.51. The third kappa shape index (κ3) is 6.90. The van der Waals surface area contributed by atoms with E-state index in [0.29, 0.717) is 23.7 Å². The number of carbonyl (C=O) groups excluding carboxylic acids is 2. The maximum Gasteiger partial charge on any atom is 0.261 e. The van der Waals surface area contributed by atoms with E-state index in [4.69, 9.17) is 16.3 Å². The molecule has 1 N–H and O–H groups in total. The highest BCUT2D eigenvalue weighted by Gasteiger charge is 2.30. The van der Waals surface area contributed by atoms with Crippen LogP contribution >= 0.6 is 27.5 Å². The van der Waals surface area contributed by atoms with Crippen molar-refractivity contribution < 1.29 is 14.3 Å². The van der Waals surface area contributed by atoms with E-state index in [0.717, 1.165) is 26.4 Å². The number of halogens is 2. The van der Waals surface area contributed by atoms with Gasteiger partial charge in [-0.3, -0.25) is 9.59 Å². The number of fused-ring (bicyclic) bond motifs is 1. The number of amides is 2. The molecule has 7 heteroatoms. The minimum Gasteiger partial charge on any atom is -0.483 e. The van der Waals surface area contributed by atoms with Gasteiger partial charge in [0, 0.05) is 24.5 Å². The van der Waals surface area contributed by atoms with Gasteiger partial charge in [-0.05, 0) is 63.0 Å². The second kappa shape index (κ2) is 12.7. The molecule has 0 spiro atoms. The Balaban J connectivity index is 1.62. The highest BCUT2D eigenvalue weighted by molar-refractivity contribution is 9.10. The Morgan fingerprint density at radius 3 is 2.35 bits per heavy atom. The maximum atomic E-state index is 13.7. The van der Waals surface area contributed by atoms with Crippen LogP contribution in [0.5, 0.6) is 5.75 Å². The van der Waals surface area contributed by atoms with E-state index in [-0.39, 0.29) is 25.0 Å². The molecule has 190 valence electrons. The number of benzene rings is 4. The van der Waals surface area contributed by atoms with Crippen LogP contribution in [0.25, 0.3) is 10.8 Å². The van der Waals surface area contributed by atoms with Crippen LogP contribution in [-0.4, -0.2) is 35.9 Å². The normalized spacial score (nSPS) is 11.6. The topological polar surface area (TPSA) is 58.6 Å². The Labute approximate surface area is 230 Å². The predicted molar refractivity (Wildman–Crippen MR) is 152 cm³/mol. The first-order valence-electron chi connectivity index (χ1n) is 12.1. The molecule has 4 aromatic carbocycles. The average molecular weight is 580 g/mol. The minimum absolute atomic E-state index is 0.208. The zero-order valence-corrected chi connectivity index (χ0v) is 22.8. The van der Waals surface area contributed by atoms with Gasteiger partial charge >= 0.3 is 0 Å². The van der Waals surface area contributed by atoms with Gasteiger partial charge < -0.3 is 15.0 Å². The van der Waals surface area contributed by atoms with Crippen molar-refractivity contribution in [2.45, 2.75) is 25.9 Å². The van der Waals surface area contributed by atoms with Crippen LogP contribution in [0.1, 0.15) is 18.1 Å². The molecular weight excluding hydrogens is 552 g/mol. The van der Waals surface area contributed by atoms with E-state index >= 15 is 0 Å². The van der Waals surface area contributed by atoms with Crippen LogP contribution in [0, 0.1) is 0 Å². The van der Waals surface area contributed by atoms with E-state index < -0.39 is 6.04 Å². The summed E-state index contributed by atoms with van der Waals surface area (Å²) in [6, 6.07) is 28.0.